The molecule has 2 aliphatic rings. The van der Waals surface area contributed by atoms with Crippen molar-refractivity contribution in [2.75, 3.05) is 12.5 Å². The number of hydrogen-bond acceptors (Lipinski definition) is 4. The van der Waals surface area contributed by atoms with Gasteiger partial charge in [0.2, 0.25) is 6.79 Å². The third-order valence-electron chi connectivity index (χ3n) is 4.86. The Kier molecular flexibility index (Phi) is 3.66. The zero-order valence-electron chi connectivity index (χ0n) is 12.5. The highest BCUT2D eigenvalue weighted by molar-refractivity contribution is 6.00. The van der Waals surface area contributed by atoms with Gasteiger partial charge in [0, 0.05) is 17.8 Å². The number of nitrogens with two attached hydrogens (primary N) is 1. The van der Waals surface area contributed by atoms with Gasteiger partial charge in [0.15, 0.2) is 11.5 Å². The monoisotopic (exact) mass is 290 g/mol. The maximum atomic E-state index is 12.5. The molecule has 1 aromatic rings. The average molecular weight is 290 g/mol. The van der Waals surface area contributed by atoms with E-state index in [9.17, 15) is 4.79 Å². The second-order valence-corrected chi connectivity index (χ2v) is 5.98. The molecule has 3 N–H and O–H groups in total. The Hall–Kier alpha value is -1.91. The number of ether oxygens (including phenoxy) is 2. The first-order valence-electron chi connectivity index (χ1n) is 7.60. The highest BCUT2D eigenvalue weighted by Gasteiger charge is 2.33. The molecule has 21 heavy (non-hydrogen) atoms. The van der Waals surface area contributed by atoms with Crippen molar-refractivity contribution in [2.45, 2.75) is 39.2 Å². The van der Waals surface area contributed by atoms with Gasteiger partial charge in [-0.25, -0.2) is 0 Å². The Morgan fingerprint density at radius 1 is 1.33 bits per heavy atom. The van der Waals surface area contributed by atoms with E-state index in [1.165, 1.54) is 12.8 Å². The third-order valence-corrected chi connectivity index (χ3v) is 4.86. The maximum absolute atomic E-state index is 12.5. The summed E-state index contributed by atoms with van der Waals surface area (Å²) in [6, 6.07) is 3.56. The second-order valence-electron chi connectivity index (χ2n) is 5.98. The van der Waals surface area contributed by atoms with E-state index in [0.29, 0.717) is 34.6 Å². The van der Waals surface area contributed by atoms with Crippen LogP contribution in [0.1, 0.15) is 43.5 Å². The quantitative estimate of drug-likeness (QED) is 0.839. The van der Waals surface area contributed by atoms with E-state index >= 15 is 0 Å². The fourth-order valence-corrected chi connectivity index (χ4v) is 3.43. The Morgan fingerprint density at radius 2 is 2.05 bits per heavy atom. The fourth-order valence-electron chi connectivity index (χ4n) is 3.43. The first-order chi connectivity index (χ1) is 10.1. The zero-order chi connectivity index (χ0) is 15.0. The summed E-state index contributed by atoms with van der Waals surface area (Å²) in [7, 11) is 0. The Morgan fingerprint density at radius 3 is 2.71 bits per heavy atom. The van der Waals surface area contributed by atoms with Crippen molar-refractivity contribution in [3.05, 3.63) is 17.7 Å². The van der Waals surface area contributed by atoms with E-state index < -0.39 is 0 Å². The van der Waals surface area contributed by atoms with Gasteiger partial charge in [0.1, 0.15) is 0 Å². The molecule has 0 aromatic heterocycles. The van der Waals surface area contributed by atoms with Crippen molar-refractivity contribution in [1.82, 2.24) is 5.32 Å². The highest BCUT2D eigenvalue weighted by atomic mass is 16.7. The summed E-state index contributed by atoms with van der Waals surface area (Å²) < 4.78 is 10.6. The van der Waals surface area contributed by atoms with Crippen LogP contribution in [0.2, 0.25) is 0 Å². The first-order valence-corrected chi connectivity index (χ1v) is 7.60. The number of amides is 1. The van der Waals surface area contributed by atoms with Crippen molar-refractivity contribution >= 4 is 11.6 Å². The average Bonchev–Trinajstić information content (AvgIpc) is 3.05. The molecule has 1 aliphatic carbocycles. The third kappa shape index (κ3) is 2.52. The van der Waals surface area contributed by atoms with Crippen LogP contribution in [0.5, 0.6) is 11.5 Å². The highest BCUT2D eigenvalue weighted by Crippen LogP contribution is 2.37. The molecule has 3 atom stereocenters. The largest absolute Gasteiger partial charge is 0.454 e. The normalized spacial score (nSPS) is 26.9. The zero-order valence-corrected chi connectivity index (χ0v) is 12.5. The summed E-state index contributed by atoms with van der Waals surface area (Å²) in [5.74, 6) is 2.27. The molecule has 1 amide bonds. The molecule has 0 spiro atoms. The standard InChI is InChI=1S/C16H22N2O3/c1-3-10-4-5-13(9(10)2)18-16(19)11-6-14-15(7-12(11)17)21-8-20-14/h6-7,9-10,13H,3-5,8,17H2,1-2H3,(H,18,19). The lowest BCUT2D eigenvalue weighted by molar-refractivity contribution is 0.0927. The van der Waals surface area contributed by atoms with Gasteiger partial charge in [0.25, 0.3) is 5.91 Å². The van der Waals surface area contributed by atoms with E-state index in [0.717, 1.165) is 6.42 Å². The van der Waals surface area contributed by atoms with Crippen LogP contribution in [0.25, 0.3) is 0 Å². The topological polar surface area (TPSA) is 73.6 Å². The minimum Gasteiger partial charge on any atom is -0.454 e. The molecule has 0 saturated heterocycles. The summed E-state index contributed by atoms with van der Waals surface area (Å²) >= 11 is 0. The molecule has 0 bridgehead atoms. The second kappa shape index (κ2) is 5.47. The molecule has 5 heteroatoms. The number of hydrogen-bond donors (Lipinski definition) is 2. The fraction of sp³-hybridized carbons (Fsp3) is 0.562. The number of rotatable bonds is 3. The molecule has 3 rings (SSSR count). The number of fused-ring (bicyclic) bond motifs is 1. The van der Waals surface area contributed by atoms with Gasteiger partial charge in [-0.15, -0.1) is 0 Å². The summed E-state index contributed by atoms with van der Waals surface area (Å²) in [5.41, 5.74) is 6.85. The lowest BCUT2D eigenvalue weighted by Gasteiger charge is -2.21. The molecule has 1 fully saturated rings. The number of benzene rings is 1. The predicted molar refractivity (Wildman–Crippen MR) is 80.4 cm³/mol. The van der Waals surface area contributed by atoms with Crippen LogP contribution in [-0.2, 0) is 0 Å². The van der Waals surface area contributed by atoms with Crippen LogP contribution < -0.4 is 20.5 Å². The van der Waals surface area contributed by atoms with Crippen molar-refractivity contribution in [1.29, 1.82) is 0 Å². The van der Waals surface area contributed by atoms with Crippen LogP contribution in [-0.4, -0.2) is 18.7 Å². The molecular weight excluding hydrogens is 268 g/mol. The molecule has 3 unspecified atom stereocenters. The van der Waals surface area contributed by atoms with E-state index in [-0.39, 0.29) is 18.7 Å². The van der Waals surface area contributed by atoms with Crippen LogP contribution in [0, 0.1) is 11.8 Å². The molecule has 0 radical (unpaired) electrons. The smallest absolute Gasteiger partial charge is 0.253 e. The van der Waals surface area contributed by atoms with Crippen LogP contribution in [0.15, 0.2) is 12.1 Å². The van der Waals surface area contributed by atoms with Gasteiger partial charge in [-0.3, -0.25) is 4.79 Å². The lowest BCUT2D eigenvalue weighted by Crippen LogP contribution is -2.37. The van der Waals surface area contributed by atoms with E-state index in [1.807, 2.05) is 0 Å². The van der Waals surface area contributed by atoms with Crippen molar-refractivity contribution < 1.29 is 14.3 Å². The van der Waals surface area contributed by atoms with Crippen LogP contribution in [0.4, 0.5) is 5.69 Å². The van der Waals surface area contributed by atoms with E-state index in [1.54, 1.807) is 12.1 Å². The maximum Gasteiger partial charge on any atom is 0.253 e. The molecule has 114 valence electrons. The number of nitrogens with one attached hydrogen (secondary N) is 1. The van der Waals surface area contributed by atoms with Crippen LogP contribution >= 0.6 is 0 Å². The number of carbonyl (C=O) groups is 1. The van der Waals surface area contributed by atoms with Gasteiger partial charge in [-0.1, -0.05) is 20.3 Å². The van der Waals surface area contributed by atoms with E-state index in [4.69, 9.17) is 15.2 Å². The molecule has 1 saturated carbocycles. The number of nitrogen functional groups attached to an aromatic ring is 1. The predicted octanol–water partition coefficient (Wildman–Crippen LogP) is 2.55. The van der Waals surface area contributed by atoms with Gasteiger partial charge >= 0.3 is 0 Å². The Bertz CT molecular complexity index is 559. The Balaban J connectivity index is 1.74. The van der Waals surface area contributed by atoms with Crippen LogP contribution in [0.3, 0.4) is 0 Å². The Labute approximate surface area is 124 Å². The minimum atomic E-state index is -0.126. The number of anilines is 1. The van der Waals surface area contributed by atoms with Gasteiger partial charge in [-0.05, 0) is 30.7 Å². The molecule has 1 aliphatic heterocycles. The first kappa shape index (κ1) is 14.0. The number of carbonyl (C=O) groups excluding carboxylic acids is 1. The molecular formula is C16H22N2O3. The van der Waals surface area contributed by atoms with Crippen molar-refractivity contribution in [3.63, 3.8) is 0 Å². The van der Waals surface area contributed by atoms with Gasteiger partial charge < -0.3 is 20.5 Å². The SMILES string of the molecule is CCC1CCC(NC(=O)c2cc3c(cc2N)OCO3)C1C. The minimum absolute atomic E-state index is 0.126. The molecule has 5 nitrogen and oxygen atoms in total. The van der Waals surface area contributed by atoms with Crippen molar-refractivity contribution in [3.8, 4) is 11.5 Å². The summed E-state index contributed by atoms with van der Waals surface area (Å²) in [5, 5.41) is 3.13. The molecule has 1 aromatic carbocycles. The van der Waals surface area contributed by atoms with Gasteiger partial charge in [-0.2, -0.15) is 0 Å². The van der Waals surface area contributed by atoms with E-state index in [2.05, 4.69) is 19.2 Å². The lowest BCUT2D eigenvalue weighted by atomic mass is 9.93. The summed E-state index contributed by atoms with van der Waals surface area (Å²) in [6.45, 7) is 4.61. The van der Waals surface area contributed by atoms with Crippen molar-refractivity contribution in [2.24, 2.45) is 11.8 Å². The van der Waals surface area contributed by atoms with Gasteiger partial charge in [0.05, 0.1) is 5.56 Å². The summed E-state index contributed by atoms with van der Waals surface area (Å²) in [6.07, 6.45) is 3.38. The molecule has 1 heterocycles. The summed E-state index contributed by atoms with van der Waals surface area (Å²) in [4.78, 5) is 12.5.